The number of halogens is 1. The van der Waals surface area contributed by atoms with Gasteiger partial charge in [-0.2, -0.15) is 0 Å². The first-order chi connectivity index (χ1) is 9.91. The predicted molar refractivity (Wildman–Crippen MR) is 76.6 cm³/mol. The second-order valence-electron chi connectivity index (χ2n) is 5.62. The molecule has 5 nitrogen and oxygen atoms in total. The molecule has 0 aromatic heterocycles. The van der Waals surface area contributed by atoms with Crippen molar-refractivity contribution in [1.82, 2.24) is 0 Å². The summed E-state index contributed by atoms with van der Waals surface area (Å²) in [6.45, 7) is 0. The Kier molecular flexibility index (Phi) is 4.57. The van der Waals surface area contributed by atoms with E-state index in [1.807, 2.05) is 0 Å². The Hall–Kier alpha value is -1.95. The molecule has 1 aromatic carbocycles. The van der Waals surface area contributed by atoms with Gasteiger partial charge in [-0.15, -0.1) is 0 Å². The highest BCUT2D eigenvalue weighted by Gasteiger charge is 2.30. The van der Waals surface area contributed by atoms with Crippen LogP contribution in [0.15, 0.2) is 18.2 Å². The van der Waals surface area contributed by atoms with Gasteiger partial charge in [0.25, 0.3) is 0 Å². The van der Waals surface area contributed by atoms with E-state index in [0.29, 0.717) is 0 Å². The third-order valence-corrected chi connectivity index (χ3v) is 3.86. The molecule has 6 heteroatoms. The van der Waals surface area contributed by atoms with Gasteiger partial charge in [0.05, 0.1) is 5.69 Å². The lowest BCUT2D eigenvalue weighted by atomic mass is 9.80. The van der Waals surface area contributed by atoms with Crippen LogP contribution in [0.1, 0.15) is 48.9 Å². The lowest BCUT2D eigenvalue weighted by molar-refractivity contribution is -0.117. The number of carbonyl (C=O) groups excluding carboxylic acids is 1. The molecule has 0 saturated heterocycles. The van der Waals surface area contributed by atoms with Crippen molar-refractivity contribution in [2.24, 2.45) is 5.73 Å². The predicted octanol–water partition coefficient (Wildman–Crippen LogP) is 2.51. The van der Waals surface area contributed by atoms with Crippen molar-refractivity contribution in [2.75, 3.05) is 5.32 Å². The van der Waals surface area contributed by atoms with Gasteiger partial charge >= 0.3 is 5.97 Å². The quantitative estimate of drug-likeness (QED) is 0.795. The summed E-state index contributed by atoms with van der Waals surface area (Å²) >= 11 is 0. The Morgan fingerprint density at radius 2 is 1.95 bits per heavy atom. The minimum absolute atomic E-state index is 0.0353. The van der Waals surface area contributed by atoms with Gasteiger partial charge in [-0.05, 0) is 25.0 Å². The number of amides is 1. The molecule has 1 aliphatic rings. The number of hydrogen-bond acceptors (Lipinski definition) is 3. The molecule has 0 bridgehead atoms. The van der Waals surface area contributed by atoms with Crippen molar-refractivity contribution in [2.45, 2.75) is 44.1 Å². The highest BCUT2D eigenvalue weighted by atomic mass is 19.1. The van der Waals surface area contributed by atoms with Crippen molar-refractivity contribution >= 4 is 17.6 Å². The summed E-state index contributed by atoms with van der Waals surface area (Å²) in [7, 11) is 0. The third-order valence-electron chi connectivity index (χ3n) is 3.86. The summed E-state index contributed by atoms with van der Waals surface area (Å²) < 4.78 is 13.5. The molecule has 0 atom stereocenters. The molecule has 0 unspecified atom stereocenters. The molecule has 1 aliphatic carbocycles. The van der Waals surface area contributed by atoms with Crippen LogP contribution in [0, 0.1) is 5.82 Å². The van der Waals surface area contributed by atoms with Gasteiger partial charge < -0.3 is 16.2 Å². The number of aromatic carboxylic acids is 1. The molecule has 0 aliphatic heterocycles. The van der Waals surface area contributed by atoms with Gasteiger partial charge in [0.1, 0.15) is 11.4 Å². The van der Waals surface area contributed by atoms with Crippen LogP contribution >= 0.6 is 0 Å². The number of anilines is 1. The Bertz CT molecular complexity index is 554. The van der Waals surface area contributed by atoms with E-state index < -0.39 is 22.9 Å². The third kappa shape index (κ3) is 3.78. The van der Waals surface area contributed by atoms with Crippen LogP contribution in [-0.2, 0) is 4.79 Å². The summed E-state index contributed by atoms with van der Waals surface area (Å²) in [5.41, 5.74) is 5.09. The van der Waals surface area contributed by atoms with Crippen LogP contribution in [0.25, 0.3) is 0 Å². The highest BCUT2D eigenvalue weighted by Crippen LogP contribution is 2.29. The highest BCUT2D eigenvalue weighted by molar-refractivity contribution is 6.00. The molecule has 0 radical (unpaired) electrons. The van der Waals surface area contributed by atoms with Gasteiger partial charge in [-0.1, -0.05) is 25.3 Å². The van der Waals surface area contributed by atoms with Crippen LogP contribution in [0.5, 0.6) is 0 Å². The molecular formula is C15H19FN2O3. The van der Waals surface area contributed by atoms with Crippen LogP contribution < -0.4 is 11.1 Å². The molecule has 21 heavy (non-hydrogen) atoms. The van der Waals surface area contributed by atoms with E-state index in [1.165, 1.54) is 12.1 Å². The lowest BCUT2D eigenvalue weighted by Crippen LogP contribution is -2.44. The first-order valence-electron chi connectivity index (χ1n) is 7.02. The fourth-order valence-electron chi connectivity index (χ4n) is 2.79. The number of carboxylic acids is 1. The largest absolute Gasteiger partial charge is 0.478 e. The summed E-state index contributed by atoms with van der Waals surface area (Å²) in [4.78, 5) is 23.1. The normalized spacial score (nSPS) is 17.2. The molecule has 0 spiro atoms. The van der Waals surface area contributed by atoms with E-state index in [1.54, 1.807) is 0 Å². The molecule has 1 saturated carbocycles. The average molecular weight is 294 g/mol. The fourth-order valence-corrected chi connectivity index (χ4v) is 2.79. The van der Waals surface area contributed by atoms with Crippen LogP contribution in [0.2, 0.25) is 0 Å². The van der Waals surface area contributed by atoms with Crippen molar-refractivity contribution < 1.29 is 19.1 Å². The van der Waals surface area contributed by atoms with Gasteiger partial charge in [0, 0.05) is 12.0 Å². The maximum Gasteiger partial charge on any atom is 0.340 e. The number of hydrogen-bond donors (Lipinski definition) is 3. The number of benzene rings is 1. The zero-order valence-electron chi connectivity index (χ0n) is 11.7. The van der Waals surface area contributed by atoms with Gasteiger partial charge in [-0.25, -0.2) is 9.18 Å². The zero-order chi connectivity index (χ0) is 15.5. The molecule has 1 aromatic rings. The first-order valence-corrected chi connectivity index (χ1v) is 7.02. The van der Waals surface area contributed by atoms with Crippen molar-refractivity contribution in [3.63, 3.8) is 0 Å². The van der Waals surface area contributed by atoms with Gasteiger partial charge in [0.15, 0.2) is 0 Å². The molecule has 0 heterocycles. The number of carboxylic acid groups (broad SMARTS) is 1. The van der Waals surface area contributed by atoms with Crippen molar-refractivity contribution in [1.29, 1.82) is 0 Å². The smallest absolute Gasteiger partial charge is 0.340 e. The van der Waals surface area contributed by atoms with Crippen molar-refractivity contribution in [3.8, 4) is 0 Å². The van der Waals surface area contributed by atoms with E-state index in [9.17, 15) is 14.0 Å². The standard InChI is InChI=1S/C15H19FN2O3/c16-10-5-4-6-11(13(10)14(20)21)18-12(19)9-15(17)7-2-1-3-8-15/h4-6H,1-3,7-9,17H2,(H,18,19)(H,20,21). The maximum absolute atomic E-state index is 13.5. The van der Waals surface area contributed by atoms with E-state index >= 15 is 0 Å². The Labute approximate surface area is 122 Å². The summed E-state index contributed by atoms with van der Waals surface area (Å²) in [6.07, 6.45) is 4.76. The van der Waals surface area contributed by atoms with Gasteiger partial charge in [0.2, 0.25) is 5.91 Å². The molecule has 1 amide bonds. The molecule has 114 valence electrons. The monoisotopic (exact) mass is 294 g/mol. The SMILES string of the molecule is NC1(CC(=O)Nc2cccc(F)c2C(=O)O)CCCCC1. The Balaban J connectivity index is 2.09. The molecule has 2 rings (SSSR count). The molecule has 1 fully saturated rings. The van der Waals surface area contributed by atoms with E-state index in [0.717, 1.165) is 38.2 Å². The first kappa shape index (κ1) is 15.4. The average Bonchev–Trinajstić information content (AvgIpc) is 2.38. The number of nitrogens with one attached hydrogen (secondary N) is 1. The molecular weight excluding hydrogens is 275 g/mol. The number of rotatable bonds is 4. The second-order valence-corrected chi connectivity index (χ2v) is 5.62. The number of nitrogens with two attached hydrogens (primary N) is 1. The minimum Gasteiger partial charge on any atom is -0.478 e. The zero-order valence-corrected chi connectivity index (χ0v) is 11.7. The fraction of sp³-hybridized carbons (Fsp3) is 0.467. The summed E-state index contributed by atoms with van der Waals surface area (Å²) in [6, 6.07) is 3.77. The van der Waals surface area contributed by atoms with Crippen molar-refractivity contribution in [3.05, 3.63) is 29.6 Å². The second kappa shape index (κ2) is 6.22. The Morgan fingerprint density at radius 1 is 1.29 bits per heavy atom. The summed E-state index contributed by atoms with van der Waals surface area (Å²) in [5, 5.41) is 11.5. The topological polar surface area (TPSA) is 92.4 Å². The van der Waals surface area contributed by atoms with Crippen LogP contribution in [0.3, 0.4) is 0 Å². The maximum atomic E-state index is 13.5. The minimum atomic E-state index is -1.41. The lowest BCUT2D eigenvalue weighted by Gasteiger charge is -2.32. The van der Waals surface area contributed by atoms with Crippen LogP contribution in [0.4, 0.5) is 10.1 Å². The Morgan fingerprint density at radius 3 is 2.57 bits per heavy atom. The van der Waals surface area contributed by atoms with Crippen LogP contribution in [-0.4, -0.2) is 22.5 Å². The van der Waals surface area contributed by atoms with E-state index in [2.05, 4.69) is 5.32 Å². The van der Waals surface area contributed by atoms with E-state index in [-0.39, 0.29) is 18.0 Å². The van der Waals surface area contributed by atoms with E-state index in [4.69, 9.17) is 10.8 Å². The molecule has 4 N–H and O–H groups in total. The summed E-state index contributed by atoms with van der Waals surface area (Å²) in [5.74, 6) is -2.67. The van der Waals surface area contributed by atoms with Gasteiger partial charge in [-0.3, -0.25) is 4.79 Å². The number of carbonyl (C=O) groups is 2.